The van der Waals surface area contributed by atoms with Gasteiger partial charge in [0.25, 0.3) is 5.95 Å². The molecule has 4 heterocycles. The second-order valence-electron chi connectivity index (χ2n) is 12.1. The van der Waals surface area contributed by atoms with Crippen LogP contribution in [0.4, 0.5) is 16.4 Å². The van der Waals surface area contributed by atoms with E-state index in [1.54, 1.807) is 10.9 Å². The Morgan fingerprint density at radius 3 is 2.34 bits per heavy atom. The van der Waals surface area contributed by atoms with Crippen LogP contribution in [-0.2, 0) is 14.2 Å². The maximum Gasteiger partial charge on any atom is 0.421 e. The fourth-order valence-electron chi connectivity index (χ4n) is 5.53. The van der Waals surface area contributed by atoms with Gasteiger partial charge in [0.15, 0.2) is 18.3 Å². The molecule has 2 unspecified atom stereocenters. The molecule has 0 spiro atoms. The van der Waals surface area contributed by atoms with Gasteiger partial charge < -0.3 is 24.7 Å². The smallest absolute Gasteiger partial charge is 0.421 e. The van der Waals surface area contributed by atoms with Crippen molar-refractivity contribution in [1.82, 2.24) is 24.5 Å². The lowest BCUT2D eigenvalue weighted by atomic mass is 10.1. The molecule has 0 radical (unpaired) electrons. The van der Waals surface area contributed by atoms with E-state index in [1.807, 2.05) is 67.9 Å². The van der Waals surface area contributed by atoms with Crippen LogP contribution in [0.15, 0.2) is 48.7 Å². The number of carbonyl (C=O) groups excluding carboxylic acids is 1. The normalized spacial score (nSPS) is 19.2. The van der Waals surface area contributed by atoms with Gasteiger partial charge in [-0.25, -0.2) is 19.1 Å². The van der Waals surface area contributed by atoms with E-state index >= 15 is 0 Å². The molecule has 2 aromatic heterocycles. The van der Waals surface area contributed by atoms with Gasteiger partial charge in [-0.1, -0.05) is 0 Å². The Kier molecular flexibility index (Phi) is 8.83. The van der Waals surface area contributed by atoms with Crippen LogP contribution in [0.5, 0.6) is 5.75 Å². The molecule has 2 N–H and O–H groups in total. The Balaban J connectivity index is 1.41. The lowest BCUT2D eigenvalue weighted by Crippen LogP contribution is -2.34. The number of nitrogens with two attached hydrogens (primary N) is 1. The number of hydrogen-bond donors (Lipinski definition) is 1. The van der Waals surface area contributed by atoms with Crippen molar-refractivity contribution >= 4 is 28.6 Å². The van der Waals surface area contributed by atoms with Crippen molar-refractivity contribution < 1.29 is 23.7 Å². The molecule has 2 saturated heterocycles. The molecule has 2 aliphatic heterocycles. The summed E-state index contributed by atoms with van der Waals surface area (Å²) in [5, 5.41) is 10.4. The molecule has 44 heavy (non-hydrogen) atoms. The molecule has 234 valence electrons. The summed E-state index contributed by atoms with van der Waals surface area (Å²) in [5.41, 5.74) is 7.16. The monoisotopic (exact) mass is 603 g/mol. The predicted molar refractivity (Wildman–Crippen MR) is 166 cm³/mol. The lowest BCUT2D eigenvalue weighted by molar-refractivity contribution is -0.0384. The summed E-state index contributed by atoms with van der Waals surface area (Å²) < 4.78 is 27.3. The Labute approximate surface area is 257 Å². The number of amides is 1. The maximum absolute atomic E-state index is 13.8. The Bertz CT molecular complexity index is 1560. The minimum atomic E-state index is -0.736. The van der Waals surface area contributed by atoms with E-state index in [0.29, 0.717) is 37.0 Å². The number of rotatable bonds is 8. The third-order valence-corrected chi connectivity index (χ3v) is 7.59. The van der Waals surface area contributed by atoms with Gasteiger partial charge in [0.2, 0.25) is 0 Å². The predicted octanol–water partition coefficient (Wildman–Crippen LogP) is 6.10. The van der Waals surface area contributed by atoms with E-state index in [4.69, 9.17) is 34.8 Å². The standard InChI is InChI=1S/C32H41N7O5/c1-32(2,3)44-31(40)37(24-12-15-26-23(20-24)21-34-38(26)27-8-4-6-17-42-27)30-35-29(39(36-30)28-9-5-7-18-43-28)22-10-13-25(14-11-22)41-19-16-33/h10-15,20-21,27-28H,4-9,16-19,33H2,1-3H3. The summed E-state index contributed by atoms with van der Waals surface area (Å²) in [4.78, 5) is 20.2. The first-order chi connectivity index (χ1) is 21.3. The van der Waals surface area contributed by atoms with E-state index in [2.05, 4.69) is 5.10 Å². The Hall–Kier alpha value is -4.00. The largest absolute Gasteiger partial charge is 0.492 e. The van der Waals surface area contributed by atoms with Crippen LogP contribution in [0, 0.1) is 0 Å². The minimum Gasteiger partial charge on any atom is -0.492 e. The lowest BCUT2D eigenvalue weighted by Gasteiger charge is -2.26. The average Bonchev–Trinajstić information content (AvgIpc) is 3.65. The molecule has 1 amide bonds. The number of anilines is 2. The topological polar surface area (TPSA) is 132 Å². The van der Waals surface area contributed by atoms with E-state index in [1.165, 1.54) is 4.90 Å². The van der Waals surface area contributed by atoms with Crippen LogP contribution in [0.2, 0.25) is 0 Å². The first kappa shape index (κ1) is 30.0. The van der Waals surface area contributed by atoms with Crippen molar-refractivity contribution in [2.45, 2.75) is 77.4 Å². The molecule has 2 fully saturated rings. The molecule has 0 saturated carbocycles. The molecule has 4 aromatic rings. The molecule has 12 heteroatoms. The van der Waals surface area contributed by atoms with Gasteiger partial charge in [-0.3, -0.25) is 0 Å². The molecule has 2 aliphatic rings. The number of hydrogen-bond acceptors (Lipinski definition) is 9. The minimum absolute atomic E-state index is 0.100. The van der Waals surface area contributed by atoms with Crippen LogP contribution in [0.3, 0.4) is 0 Å². The fourth-order valence-corrected chi connectivity index (χ4v) is 5.53. The summed E-state index contributed by atoms with van der Waals surface area (Å²) in [6.45, 7) is 7.72. The highest BCUT2D eigenvalue weighted by Gasteiger charge is 2.32. The summed E-state index contributed by atoms with van der Waals surface area (Å²) in [5.74, 6) is 1.48. The van der Waals surface area contributed by atoms with Crippen molar-refractivity contribution in [3.63, 3.8) is 0 Å². The van der Waals surface area contributed by atoms with E-state index in [9.17, 15) is 4.79 Å². The van der Waals surface area contributed by atoms with E-state index in [0.717, 1.165) is 61.6 Å². The van der Waals surface area contributed by atoms with Crippen LogP contribution in [0.1, 0.15) is 71.8 Å². The number of ether oxygens (including phenoxy) is 4. The quantitative estimate of drug-likeness (QED) is 0.254. The number of carbonyl (C=O) groups is 1. The third-order valence-electron chi connectivity index (χ3n) is 7.59. The van der Waals surface area contributed by atoms with Crippen LogP contribution in [-0.4, -0.2) is 62.6 Å². The summed E-state index contributed by atoms with van der Waals surface area (Å²) in [6.07, 6.45) is 6.65. The van der Waals surface area contributed by atoms with Gasteiger partial charge in [0.05, 0.1) is 17.4 Å². The summed E-state index contributed by atoms with van der Waals surface area (Å²) in [6, 6.07) is 13.3. The molecule has 2 aromatic carbocycles. The highest BCUT2D eigenvalue weighted by atomic mass is 16.6. The van der Waals surface area contributed by atoms with E-state index in [-0.39, 0.29) is 18.4 Å². The van der Waals surface area contributed by atoms with E-state index < -0.39 is 11.7 Å². The van der Waals surface area contributed by atoms with Crippen molar-refractivity contribution in [2.75, 3.05) is 31.3 Å². The zero-order chi connectivity index (χ0) is 30.7. The Morgan fingerprint density at radius 1 is 1.00 bits per heavy atom. The van der Waals surface area contributed by atoms with Crippen LogP contribution >= 0.6 is 0 Å². The number of fused-ring (bicyclic) bond motifs is 1. The van der Waals surface area contributed by atoms with Crippen molar-refractivity contribution in [3.05, 3.63) is 48.7 Å². The second-order valence-corrected chi connectivity index (χ2v) is 12.1. The Morgan fingerprint density at radius 2 is 1.70 bits per heavy atom. The molecule has 2 atom stereocenters. The molecule has 12 nitrogen and oxygen atoms in total. The zero-order valence-corrected chi connectivity index (χ0v) is 25.6. The summed E-state index contributed by atoms with van der Waals surface area (Å²) in [7, 11) is 0. The van der Waals surface area contributed by atoms with Gasteiger partial charge >= 0.3 is 6.09 Å². The first-order valence-corrected chi connectivity index (χ1v) is 15.4. The number of nitrogens with zero attached hydrogens (tertiary/aromatic N) is 6. The molecule has 6 rings (SSSR count). The van der Waals surface area contributed by atoms with Gasteiger partial charge in [-0.05, 0) is 102 Å². The van der Waals surface area contributed by atoms with Gasteiger partial charge in [-0.15, -0.1) is 5.10 Å². The van der Waals surface area contributed by atoms with Crippen LogP contribution in [0.25, 0.3) is 22.3 Å². The number of benzene rings is 2. The van der Waals surface area contributed by atoms with Crippen LogP contribution < -0.4 is 15.4 Å². The average molecular weight is 604 g/mol. The first-order valence-electron chi connectivity index (χ1n) is 15.4. The van der Waals surface area contributed by atoms with Crippen molar-refractivity contribution in [3.8, 4) is 17.1 Å². The maximum atomic E-state index is 13.8. The molecular weight excluding hydrogens is 562 g/mol. The number of aromatic nitrogens is 5. The fraction of sp³-hybridized carbons (Fsp3) is 0.500. The zero-order valence-electron chi connectivity index (χ0n) is 25.6. The van der Waals surface area contributed by atoms with Crippen molar-refractivity contribution in [1.29, 1.82) is 0 Å². The van der Waals surface area contributed by atoms with Crippen molar-refractivity contribution in [2.24, 2.45) is 5.73 Å². The van der Waals surface area contributed by atoms with Gasteiger partial charge in [0, 0.05) is 30.7 Å². The highest BCUT2D eigenvalue weighted by Crippen LogP contribution is 2.35. The third kappa shape index (κ3) is 6.57. The SMILES string of the molecule is CC(C)(C)OC(=O)N(c1ccc2c(cnn2C2CCCCO2)c1)c1nc(-c2ccc(OCCN)cc2)n(C2CCCCO2)n1. The highest BCUT2D eigenvalue weighted by molar-refractivity contribution is 5.97. The van der Waals surface area contributed by atoms with Gasteiger partial charge in [0.1, 0.15) is 18.0 Å². The van der Waals surface area contributed by atoms with Gasteiger partial charge in [-0.2, -0.15) is 10.1 Å². The second kappa shape index (κ2) is 12.9. The summed E-state index contributed by atoms with van der Waals surface area (Å²) >= 11 is 0. The molecular formula is C32H41N7O5. The molecule has 0 aliphatic carbocycles. The molecule has 0 bridgehead atoms.